The first-order valence-electron chi connectivity index (χ1n) is 12.2. The molecule has 0 fully saturated rings. The Balaban J connectivity index is 2.10. The maximum absolute atomic E-state index is 14.0. The molecule has 0 spiro atoms. The van der Waals surface area contributed by atoms with Crippen molar-refractivity contribution >= 4 is 50.7 Å². The number of hydrogen-bond acceptors (Lipinski definition) is 5. The number of nitrogens with zero attached hydrogens (tertiary/aromatic N) is 2. The zero-order chi connectivity index (χ0) is 28.7. The Morgan fingerprint density at radius 3 is 2.28 bits per heavy atom. The molecule has 0 aliphatic carbocycles. The molecule has 0 aromatic heterocycles. The van der Waals surface area contributed by atoms with E-state index in [1.54, 1.807) is 56.3 Å². The van der Waals surface area contributed by atoms with E-state index < -0.39 is 28.5 Å². The SMILES string of the molecule is CCNC(=O)[C@@H](C)N(Cc1cccc(Cl)c1)C(=O)CN(c1cc(Cl)ccc1OC)S(=O)(=O)c1ccc(C)cc1. The van der Waals surface area contributed by atoms with Gasteiger partial charge in [0, 0.05) is 23.1 Å². The van der Waals surface area contributed by atoms with E-state index in [4.69, 9.17) is 27.9 Å². The Hall–Kier alpha value is -3.27. The summed E-state index contributed by atoms with van der Waals surface area (Å²) >= 11 is 12.4. The van der Waals surface area contributed by atoms with E-state index in [1.807, 2.05) is 6.92 Å². The van der Waals surface area contributed by atoms with Gasteiger partial charge in [0.15, 0.2) is 0 Å². The van der Waals surface area contributed by atoms with Crippen LogP contribution in [0.15, 0.2) is 71.6 Å². The van der Waals surface area contributed by atoms with Crippen molar-refractivity contribution in [3.05, 3.63) is 87.9 Å². The summed E-state index contributed by atoms with van der Waals surface area (Å²) in [5.74, 6) is -0.770. The van der Waals surface area contributed by atoms with Gasteiger partial charge in [-0.05, 0) is 68.8 Å². The van der Waals surface area contributed by atoms with Crippen LogP contribution in [0.2, 0.25) is 10.0 Å². The van der Waals surface area contributed by atoms with Crippen molar-refractivity contribution in [2.24, 2.45) is 0 Å². The van der Waals surface area contributed by atoms with E-state index in [9.17, 15) is 18.0 Å². The molecule has 0 saturated carbocycles. The molecule has 8 nitrogen and oxygen atoms in total. The van der Waals surface area contributed by atoms with Gasteiger partial charge in [0.1, 0.15) is 18.3 Å². The summed E-state index contributed by atoms with van der Waals surface area (Å²) in [6, 6.07) is 16.8. The van der Waals surface area contributed by atoms with Crippen LogP contribution in [0.1, 0.15) is 25.0 Å². The van der Waals surface area contributed by atoms with Gasteiger partial charge in [-0.25, -0.2) is 8.42 Å². The predicted octanol–water partition coefficient (Wildman–Crippen LogP) is 5.06. The largest absolute Gasteiger partial charge is 0.495 e. The van der Waals surface area contributed by atoms with E-state index in [-0.39, 0.29) is 33.8 Å². The average molecular weight is 593 g/mol. The van der Waals surface area contributed by atoms with E-state index in [2.05, 4.69) is 5.32 Å². The molecule has 0 radical (unpaired) electrons. The molecular formula is C28H31Cl2N3O5S. The number of nitrogens with one attached hydrogen (secondary N) is 1. The topological polar surface area (TPSA) is 96.0 Å². The minimum atomic E-state index is -4.26. The highest BCUT2D eigenvalue weighted by Gasteiger charge is 2.34. The van der Waals surface area contributed by atoms with Crippen molar-refractivity contribution < 1.29 is 22.7 Å². The monoisotopic (exact) mass is 591 g/mol. The van der Waals surface area contributed by atoms with E-state index >= 15 is 0 Å². The first kappa shape index (κ1) is 30.3. The van der Waals surface area contributed by atoms with Crippen molar-refractivity contribution in [1.29, 1.82) is 0 Å². The van der Waals surface area contributed by atoms with E-state index in [1.165, 1.54) is 36.3 Å². The van der Waals surface area contributed by atoms with Crippen LogP contribution in [0.4, 0.5) is 5.69 Å². The molecule has 0 unspecified atom stereocenters. The van der Waals surface area contributed by atoms with Gasteiger partial charge in [-0.3, -0.25) is 13.9 Å². The lowest BCUT2D eigenvalue weighted by Crippen LogP contribution is -2.51. The van der Waals surface area contributed by atoms with Gasteiger partial charge in [-0.15, -0.1) is 0 Å². The van der Waals surface area contributed by atoms with Crippen molar-refractivity contribution in [2.45, 2.75) is 38.3 Å². The highest BCUT2D eigenvalue weighted by Crippen LogP contribution is 2.35. The summed E-state index contributed by atoms with van der Waals surface area (Å²) in [7, 11) is -2.86. The van der Waals surface area contributed by atoms with Crippen molar-refractivity contribution in [3.63, 3.8) is 0 Å². The molecular weight excluding hydrogens is 561 g/mol. The number of sulfonamides is 1. The summed E-state index contributed by atoms with van der Waals surface area (Å²) in [5, 5.41) is 3.45. The smallest absolute Gasteiger partial charge is 0.264 e. The molecule has 0 aliphatic heterocycles. The minimum absolute atomic E-state index is 0.0129. The summed E-state index contributed by atoms with van der Waals surface area (Å²) in [4.78, 5) is 28.0. The minimum Gasteiger partial charge on any atom is -0.495 e. The van der Waals surface area contributed by atoms with Gasteiger partial charge >= 0.3 is 0 Å². The molecule has 0 heterocycles. The number of hydrogen-bond donors (Lipinski definition) is 1. The number of halogens is 2. The summed E-state index contributed by atoms with van der Waals surface area (Å²) in [6.07, 6.45) is 0. The fourth-order valence-corrected chi connectivity index (χ4v) is 5.74. The third-order valence-electron chi connectivity index (χ3n) is 6.06. The predicted molar refractivity (Wildman–Crippen MR) is 154 cm³/mol. The van der Waals surface area contributed by atoms with Crippen molar-refractivity contribution in [2.75, 3.05) is 24.5 Å². The second-order valence-electron chi connectivity index (χ2n) is 8.86. The third-order valence-corrected chi connectivity index (χ3v) is 8.30. The molecule has 2 amide bonds. The fourth-order valence-electron chi connectivity index (χ4n) is 3.95. The van der Waals surface area contributed by atoms with Crippen LogP contribution >= 0.6 is 23.2 Å². The van der Waals surface area contributed by atoms with Crippen LogP contribution in [0, 0.1) is 6.92 Å². The Morgan fingerprint density at radius 1 is 1.00 bits per heavy atom. The first-order valence-corrected chi connectivity index (χ1v) is 14.4. The number of benzene rings is 3. The first-order chi connectivity index (χ1) is 18.5. The molecule has 0 bridgehead atoms. The normalized spacial score (nSPS) is 11.9. The molecule has 0 aliphatic rings. The molecule has 3 rings (SSSR count). The Kier molecular flexibility index (Phi) is 10.2. The summed E-state index contributed by atoms with van der Waals surface area (Å²) in [6.45, 7) is 4.99. The molecule has 1 atom stereocenters. The van der Waals surface area contributed by atoms with Crippen LogP contribution in [-0.4, -0.2) is 51.4 Å². The highest BCUT2D eigenvalue weighted by molar-refractivity contribution is 7.92. The average Bonchev–Trinajstić information content (AvgIpc) is 2.90. The number of amides is 2. The van der Waals surface area contributed by atoms with E-state index in [0.717, 1.165) is 9.87 Å². The highest BCUT2D eigenvalue weighted by atomic mass is 35.5. The number of aryl methyl sites for hydroxylation is 1. The van der Waals surface area contributed by atoms with Crippen LogP contribution in [0.25, 0.3) is 0 Å². The van der Waals surface area contributed by atoms with Gasteiger partial charge in [0.05, 0.1) is 17.7 Å². The maximum Gasteiger partial charge on any atom is 0.264 e. The van der Waals surface area contributed by atoms with Crippen molar-refractivity contribution in [3.8, 4) is 5.75 Å². The summed E-state index contributed by atoms with van der Waals surface area (Å²) < 4.78 is 34.3. The van der Waals surface area contributed by atoms with Gasteiger partial charge in [0.2, 0.25) is 11.8 Å². The number of anilines is 1. The molecule has 3 aromatic carbocycles. The third kappa shape index (κ3) is 7.44. The number of carbonyl (C=O) groups excluding carboxylic acids is 2. The molecule has 208 valence electrons. The molecule has 3 aromatic rings. The number of carbonyl (C=O) groups is 2. The molecule has 39 heavy (non-hydrogen) atoms. The van der Waals surface area contributed by atoms with Gasteiger partial charge in [0.25, 0.3) is 10.0 Å². The van der Waals surface area contributed by atoms with Crippen LogP contribution in [0.5, 0.6) is 5.75 Å². The quantitative estimate of drug-likeness (QED) is 0.336. The van der Waals surface area contributed by atoms with Crippen LogP contribution < -0.4 is 14.4 Å². The Labute approximate surface area is 239 Å². The maximum atomic E-state index is 14.0. The van der Waals surface area contributed by atoms with Gasteiger partial charge in [-0.1, -0.05) is 53.0 Å². The van der Waals surface area contributed by atoms with Gasteiger partial charge in [-0.2, -0.15) is 0 Å². The Morgan fingerprint density at radius 2 is 1.67 bits per heavy atom. The van der Waals surface area contributed by atoms with E-state index in [0.29, 0.717) is 17.1 Å². The molecule has 1 N–H and O–H groups in total. The number of likely N-dealkylation sites (N-methyl/N-ethyl adjacent to an activating group) is 1. The number of methoxy groups -OCH3 is 1. The Bertz CT molecular complexity index is 1430. The second-order valence-corrected chi connectivity index (χ2v) is 11.6. The standard InChI is InChI=1S/C28H31Cl2N3O5S/c1-5-31-28(35)20(3)32(17-21-7-6-8-22(29)15-21)27(34)18-33(25-16-23(30)11-14-26(25)38-4)39(36,37)24-12-9-19(2)10-13-24/h6-16,20H,5,17-18H2,1-4H3,(H,31,35)/t20-/m1/s1. The van der Waals surface area contributed by atoms with Crippen LogP contribution in [0.3, 0.4) is 0 Å². The van der Waals surface area contributed by atoms with Crippen molar-refractivity contribution in [1.82, 2.24) is 10.2 Å². The lowest BCUT2D eigenvalue weighted by Gasteiger charge is -2.32. The fraction of sp³-hybridized carbons (Fsp3) is 0.286. The number of ether oxygens (including phenoxy) is 1. The number of rotatable bonds is 11. The van der Waals surface area contributed by atoms with Gasteiger partial charge < -0.3 is 15.0 Å². The zero-order valence-electron chi connectivity index (χ0n) is 22.1. The molecule has 0 saturated heterocycles. The lowest BCUT2D eigenvalue weighted by molar-refractivity contribution is -0.139. The van der Waals surface area contributed by atoms with Crippen LogP contribution in [-0.2, 0) is 26.2 Å². The lowest BCUT2D eigenvalue weighted by atomic mass is 10.1. The molecule has 11 heteroatoms. The zero-order valence-corrected chi connectivity index (χ0v) is 24.5. The summed E-state index contributed by atoms with van der Waals surface area (Å²) in [5.41, 5.74) is 1.65. The second kappa shape index (κ2) is 13.2.